The van der Waals surface area contributed by atoms with E-state index in [1.807, 2.05) is 18.2 Å². The second-order valence-electron chi connectivity index (χ2n) is 9.92. The van der Waals surface area contributed by atoms with E-state index in [1.54, 1.807) is 6.20 Å². The van der Waals surface area contributed by atoms with Crippen molar-refractivity contribution in [3.05, 3.63) is 76.8 Å². The number of hydrogen-bond donors (Lipinski definition) is 3. The molecule has 1 unspecified atom stereocenters. The number of piperidine rings is 1. The van der Waals surface area contributed by atoms with Gasteiger partial charge in [-0.2, -0.15) is 0 Å². The Balaban J connectivity index is 1.41. The van der Waals surface area contributed by atoms with Crippen molar-refractivity contribution in [3.63, 3.8) is 0 Å². The van der Waals surface area contributed by atoms with Crippen LogP contribution in [-0.4, -0.2) is 85.6 Å². The lowest BCUT2D eigenvalue weighted by atomic mass is 9.87. The van der Waals surface area contributed by atoms with Gasteiger partial charge in [-0.05, 0) is 55.6 Å². The van der Waals surface area contributed by atoms with Gasteiger partial charge in [-0.25, -0.2) is 33.0 Å². The lowest BCUT2D eigenvalue weighted by molar-refractivity contribution is -0.266. The number of aromatic nitrogens is 1. The molecule has 2 aliphatic rings. The van der Waals surface area contributed by atoms with Gasteiger partial charge in [0.25, 0.3) is 0 Å². The van der Waals surface area contributed by atoms with Crippen molar-refractivity contribution in [2.45, 2.75) is 30.9 Å². The number of likely N-dealkylation sites (tertiary alicyclic amines) is 1. The maximum atomic E-state index is 14.2. The lowest BCUT2D eigenvalue weighted by Gasteiger charge is -2.38. The van der Waals surface area contributed by atoms with Gasteiger partial charge in [0.15, 0.2) is 11.6 Å². The molecule has 2 aliphatic heterocycles. The number of nitrogens with zero attached hydrogens (tertiary/aromatic N) is 3. The van der Waals surface area contributed by atoms with E-state index in [0.29, 0.717) is 55.9 Å². The molecule has 41 heavy (non-hydrogen) atoms. The number of urea groups is 2. The highest BCUT2D eigenvalue weighted by Gasteiger charge is 2.40. The molecule has 2 aromatic rings. The fourth-order valence-electron chi connectivity index (χ4n) is 5.14. The third-order valence-electron chi connectivity index (χ3n) is 7.30. The second kappa shape index (κ2) is 13.9. The van der Waals surface area contributed by atoms with Crippen molar-refractivity contribution in [1.82, 2.24) is 25.4 Å². The van der Waals surface area contributed by atoms with E-state index >= 15 is 0 Å². The fourth-order valence-corrected chi connectivity index (χ4v) is 5.14. The summed E-state index contributed by atoms with van der Waals surface area (Å²) in [6.45, 7) is 2.07. The van der Waals surface area contributed by atoms with Crippen LogP contribution in [-0.2, 0) is 20.1 Å². The molecule has 3 N–H and O–H groups in total. The summed E-state index contributed by atoms with van der Waals surface area (Å²) in [5.41, 5.74) is 0.584. The smallest absolute Gasteiger partial charge is 0.330 e. The van der Waals surface area contributed by atoms with E-state index in [2.05, 4.69) is 20.5 Å². The van der Waals surface area contributed by atoms with Gasteiger partial charge >= 0.3 is 12.1 Å². The van der Waals surface area contributed by atoms with Crippen LogP contribution in [0.3, 0.4) is 0 Å². The van der Waals surface area contributed by atoms with Crippen molar-refractivity contribution in [2.75, 3.05) is 53.6 Å². The van der Waals surface area contributed by atoms with E-state index < -0.39 is 35.3 Å². The Morgan fingerprint density at radius 2 is 1.95 bits per heavy atom. The Kier molecular flexibility index (Phi) is 10.3. The predicted molar refractivity (Wildman–Crippen MR) is 143 cm³/mol. The van der Waals surface area contributed by atoms with E-state index in [0.717, 1.165) is 17.0 Å². The molecule has 13 heteroatoms. The van der Waals surface area contributed by atoms with Gasteiger partial charge in [0.05, 0.1) is 25.5 Å². The largest absolute Gasteiger partial charge is 0.383 e. The molecular formula is C28H35F2N5O6. The molecule has 3 heterocycles. The van der Waals surface area contributed by atoms with Gasteiger partial charge in [0, 0.05) is 44.2 Å². The Bertz CT molecular complexity index is 1240. The van der Waals surface area contributed by atoms with Crippen LogP contribution < -0.4 is 10.6 Å². The summed E-state index contributed by atoms with van der Waals surface area (Å²) < 4.78 is 33.2. The zero-order valence-electron chi connectivity index (χ0n) is 23.1. The van der Waals surface area contributed by atoms with Crippen LogP contribution in [0.1, 0.15) is 36.6 Å². The minimum atomic E-state index is -1.12. The SMILES string of the molecule is COCC1=C(COOC)C(c2ccc(F)c(F)c2)N(C(=O)NCCCN2CCC(O)(c3ccccn3)CC2)C(=O)N1. The van der Waals surface area contributed by atoms with Crippen LogP contribution in [0.25, 0.3) is 0 Å². The van der Waals surface area contributed by atoms with Crippen LogP contribution >= 0.6 is 0 Å². The molecule has 4 rings (SSSR count). The maximum Gasteiger partial charge on any atom is 0.330 e. The molecule has 0 aliphatic carbocycles. The molecule has 11 nitrogen and oxygen atoms in total. The third kappa shape index (κ3) is 7.24. The first-order valence-corrected chi connectivity index (χ1v) is 13.3. The van der Waals surface area contributed by atoms with Crippen LogP contribution in [0.4, 0.5) is 18.4 Å². The number of nitrogens with one attached hydrogen (secondary N) is 2. The highest BCUT2D eigenvalue weighted by molar-refractivity contribution is 5.96. The summed E-state index contributed by atoms with van der Waals surface area (Å²) in [7, 11) is 2.73. The Hall–Kier alpha value is -3.49. The zero-order chi connectivity index (χ0) is 29.4. The Morgan fingerprint density at radius 1 is 1.17 bits per heavy atom. The minimum Gasteiger partial charge on any atom is -0.383 e. The monoisotopic (exact) mass is 575 g/mol. The summed E-state index contributed by atoms with van der Waals surface area (Å²) in [5, 5.41) is 16.4. The minimum absolute atomic E-state index is 0.0188. The number of rotatable bonds is 11. The summed E-state index contributed by atoms with van der Waals surface area (Å²) in [6, 6.07) is 6.11. The first kappa shape index (κ1) is 30.5. The topological polar surface area (TPSA) is 125 Å². The molecule has 0 spiro atoms. The number of methoxy groups -OCH3 is 1. The summed E-state index contributed by atoms with van der Waals surface area (Å²) in [5.74, 6) is -2.18. The highest BCUT2D eigenvalue weighted by atomic mass is 19.2. The molecule has 4 amide bonds. The number of carbonyl (C=O) groups excluding carboxylic acids is 2. The van der Waals surface area contributed by atoms with Gasteiger partial charge in [-0.15, -0.1) is 0 Å². The molecule has 1 fully saturated rings. The molecule has 1 saturated heterocycles. The highest BCUT2D eigenvalue weighted by Crippen LogP contribution is 2.35. The van der Waals surface area contributed by atoms with Crippen LogP contribution in [0.5, 0.6) is 0 Å². The van der Waals surface area contributed by atoms with E-state index in [9.17, 15) is 23.5 Å². The zero-order valence-corrected chi connectivity index (χ0v) is 23.1. The van der Waals surface area contributed by atoms with Gasteiger partial charge in [-0.3, -0.25) is 4.98 Å². The van der Waals surface area contributed by atoms with Gasteiger partial charge in [0.1, 0.15) is 12.2 Å². The number of pyridine rings is 1. The average molecular weight is 576 g/mol. The van der Waals surface area contributed by atoms with Crippen molar-refractivity contribution >= 4 is 12.1 Å². The number of amides is 4. The van der Waals surface area contributed by atoms with Crippen molar-refractivity contribution < 1.29 is 38.0 Å². The summed E-state index contributed by atoms with van der Waals surface area (Å²) in [4.78, 5) is 43.7. The molecule has 1 aromatic carbocycles. The first-order chi connectivity index (χ1) is 19.8. The molecule has 0 saturated carbocycles. The molecule has 1 aromatic heterocycles. The van der Waals surface area contributed by atoms with Crippen LogP contribution in [0.15, 0.2) is 53.9 Å². The number of aliphatic hydroxyl groups is 1. The molecule has 1 atom stereocenters. The summed E-state index contributed by atoms with van der Waals surface area (Å²) >= 11 is 0. The molecule has 0 bridgehead atoms. The standard InChI is InChI=1S/C28H35F2N5O6/c1-39-18-23-20(17-41-40-2)25(19-7-8-21(29)22(30)16-19)35(27(37)33-23)26(36)32-12-5-13-34-14-9-28(38,10-15-34)24-6-3-4-11-31-24/h3-4,6-8,11,16,25,38H,5,9-10,12-15,17-18H2,1-2H3,(H,32,36)(H,33,37). The van der Waals surface area contributed by atoms with E-state index in [4.69, 9.17) is 14.5 Å². The predicted octanol–water partition coefficient (Wildman–Crippen LogP) is 2.99. The second-order valence-corrected chi connectivity index (χ2v) is 9.92. The molecular weight excluding hydrogens is 540 g/mol. The number of carbonyl (C=O) groups is 2. The van der Waals surface area contributed by atoms with Crippen molar-refractivity contribution in [2.24, 2.45) is 0 Å². The quantitative estimate of drug-likeness (QED) is 0.212. The fraction of sp³-hybridized carbons (Fsp3) is 0.464. The number of imide groups is 1. The van der Waals surface area contributed by atoms with E-state index in [-0.39, 0.29) is 25.3 Å². The average Bonchev–Trinajstić information content (AvgIpc) is 2.97. The van der Waals surface area contributed by atoms with E-state index in [1.165, 1.54) is 20.3 Å². The molecule has 222 valence electrons. The number of hydrogen-bond acceptors (Lipinski definition) is 8. The number of ether oxygens (including phenoxy) is 1. The molecule has 0 radical (unpaired) electrons. The Morgan fingerprint density at radius 3 is 2.61 bits per heavy atom. The maximum absolute atomic E-state index is 14.2. The number of benzene rings is 1. The lowest BCUT2D eigenvalue weighted by Crippen LogP contribution is -2.55. The van der Waals surface area contributed by atoms with Crippen LogP contribution in [0.2, 0.25) is 0 Å². The normalized spacial score (nSPS) is 19.3. The summed E-state index contributed by atoms with van der Waals surface area (Å²) in [6.07, 6.45) is 3.35. The van der Waals surface area contributed by atoms with Crippen molar-refractivity contribution in [3.8, 4) is 0 Å². The van der Waals surface area contributed by atoms with Crippen LogP contribution in [0, 0.1) is 11.6 Å². The van der Waals surface area contributed by atoms with Gasteiger partial charge < -0.3 is 25.4 Å². The third-order valence-corrected chi connectivity index (χ3v) is 7.30. The van der Waals surface area contributed by atoms with Crippen molar-refractivity contribution in [1.29, 1.82) is 0 Å². The Labute approximate surface area is 237 Å². The van der Waals surface area contributed by atoms with Gasteiger partial charge in [-0.1, -0.05) is 12.1 Å². The number of halogens is 2. The first-order valence-electron chi connectivity index (χ1n) is 13.3. The van der Waals surface area contributed by atoms with Gasteiger partial charge in [0.2, 0.25) is 0 Å².